The van der Waals surface area contributed by atoms with Crippen LogP contribution in [-0.2, 0) is 22.6 Å². The van der Waals surface area contributed by atoms with Gasteiger partial charge in [-0.05, 0) is 34.5 Å². The minimum absolute atomic E-state index is 0.0211. The van der Waals surface area contributed by atoms with Crippen LogP contribution in [0, 0.1) is 0 Å². The normalized spacial score (nSPS) is 14.1. The van der Waals surface area contributed by atoms with Crippen molar-refractivity contribution in [3.05, 3.63) is 71.8 Å². The first-order valence-electron chi connectivity index (χ1n) is 11.5. The molecule has 7 nitrogen and oxygen atoms in total. The van der Waals surface area contributed by atoms with Crippen molar-refractivity contribution in [2.75, 3.05) is 46.9 Å². The standard InChI is InChI=1S/C27H31N3O4/c1-33-23-10-11-25(34-2)22(16-23)19-29-12-14-30(15-13-29)27(32)18-28-26(31)17-21-8-5-7-20-6-3-4-9-24(20)21/h3-11,16H,12-15,17-19H2,1-2H3,(H,28,31). The smallest absolute Gasteiger partial charge is 0.242 e. The third-order valence-corrected chi connectivity index (χ3v) is 6.27. The molecule has 3 aromatic rings. The molecule has 4 rings (SSSR count). The molecule has 178 valence electrons. The molecule has 1 saturated heterocycles. The summed E-state index contributed by atoms with van der Waals surface area (Å²) in [6.07, 6.45) is 0.255. The van der Waals surface area contributed by atoms with Gasteiger partial charge in [0.05, 0.1) is 27.2 Å². The molecule has 0 saturated carbocycles. The van der Waals surface area contributed by atoms with Crippen molar-refractivity contribution >= 4 is 22.6 Å². The zero-order valence-electron chi connectivity index (χ0n) is 19.8. The number of rotatable bonds is 8. The fraction of sp³-hybridized carbons (Fsp3) is 0.333. The lowest BCUT2D eigenvalue weighted by atomic mass is 10.0. The van der Waals surface area contributed by atoms with Gasteiger partial charge in [-0.25, -0.2) is 0 Å². The van der Waals surface area contributed by atoms with E-state index in [2.05, 4.69) is 10.2 Å². The fourth-order valence-corrected chi connectivity index (χ4v) is 4.37. The van der Waals surface area contributed by atoms with E-state index in [1.165, 1.54) is 0 Å². The molecule has 7 heteroatoms. The van der Waals surface area contributed by atoms with Crippen molar-refractivity contribution in [3.8, 4) is 11.5 Å². The van der Waals surface area contributed by atoms with Gasteiger partial charge in [0.15, 0.2) is 0 Å². The highest BCUT2D eigenvalue weighted by atomic mass is 16.5. The van der Waals surface area contributed by atoms with Crippen LogP contribution in [0.25, 0.3) is 10.8 Å². The molecule has 0 bridgehead atoms. The molecule has 0 aliphatic carbocycles. The molecular formula is C27H31N3O4. The topological polar surface area (TPSA) is 71.1 Å². The first-order chi connectivity index (χ1) is 16.6. The maximum atomic E-state index is 12.7. The predicted octanol–water partition coefficient (Wildman–Crippen LogP) is 2.86. The minimum atomic E-state index is -0.145. The highest BCUT2D eigenvalue weighted by Crippen LogP contribution is 2.25. The van der Waals surface area contributed by atoms with Gasteiger partial charge in [0, 0.05) is 38.3 Å². The molecule has 1 aliphatic heterocycles. The Balaban J connectivity index is 1.25. The summed E-state index contributed by atoms with van der Waals surface area (Å²) < 4.78 is 10.8. The van der Waals surface area contributed by atoms with Crippen molar-refractivity contribution in [2.24, 2.45) is 0 Å². The van der Waals surface area contributed by atoms with Crippen molar-refractivity contribution < 1.29 is 19.1 Å². The number of nitrogens with zero attached hydrogens (tertiary/aromatic N) is 2. The number of nitrogens with one attached hydrogen (secondary N) is 1. The molecule has 0 spiro atoms. The van der Waals surface area contributed by atoms with E-state index in [0.29, 0.717) is 13.1 Å². The molecule has 1 aliphatic rings. The Morgan fingerprint density at radius 2 is 1.65 bits per heavy atom. The number of methoxy groups -OCH3 is 2. The van der Waals surface area contributed by atoms with Gasteiger partial charge in [-0.15, -0.1) is 0 Å². The van der Waals surface area contributed by atoms with Crippen LogP contribution < -0.4 is 14.8 Å². The second-order valence-corrected chi connectivity index (χ2v) is 8.43. The minimum Gasteiger partial charge on any atom is -0.497 e. The van der Waals surface area contributed by atoms with E-state index in [0.717, 1.165) is 53.0 Å². The van der Waals surface area contributed by atoms with Gasteiger partial charge in [-0.3, -0.25) is 14.5 Å². The molecule has 0 aromatic heterocycles. The van der Waals surface area contributed by atoms with E-state index in [9.17, 15) is 9.59 Å². The Hall–Kier alpha value is -3.58. The lowest BCUT2D eigenvalue weighted by Gasteiger charge is -2.35. The molecular weight excluding hydrogens is 430 g/mol. The molecule has 3 aromatic carbocycles. The number of carbonyl (C=O) groups is 2. The number of fused-ring (bicyclic) bond motifs is 1. The van der Waals surface area contributed by atoms with E-state index >= 15 is 0 Å². The highest BCUT2D eigenvalue weighted by Gasteiger charge is 2.22. The van der Waals surface area contributed by atoms with Crippen LogP contribution in [0.4, 0.5) is 0 Å². The fourth-order valence-electron chi connectivity index (χ4n) is 4.37. The predicted molar refractivity (Wildman–Crippen MR) is 132 cm³/mol. The Morgan fingerprint density at radius 3 is 2.41 bits per heavy atom. The number of carbonyl (C=O) groups excluding carboxylic acids is 2. The summed E-state index contributed by atoms with van der Waals surface area (Å²) in [5.74, 6) is 1.43. The van der Waals surface area contributed by atoms with Crippen LogP contribution in [-0.4, -0.2) is 68.6 Å². The summed E-state index contributed by atoms with van der Waals surface area (Å²) in [5, 5.41) is 4.97. The highest BCUT2D eigenvalue weighted by molar-refractivity contribution is 5.91. The lowest BCUT2D eigenvalue weighted by Crippen LogP contribution is -2.51. The van der Waals surface area contributed by atoms with Crippen LogP contribution in [0.15, 0.2) is 60.7 Å². The third kappa shape index (κ3) is 5.66. The zero-order chi connectivity index (χ0) is 23.9. The molecule has 34 heavy (non-hydrogen) atoms. The van der Waals surface area contributed by atoms with E-state index in [-0.39, 0.29) is 24.8 Å². The van der Waals surface area contributed by atoms with Crippen molar-refractivity contribution in [1.82, 2.24) is 15.1 Å². The number of piperazine rings is 1. The number of amides is 2. The van der Waals surface area contributed by atoms with Gasteiger partial charge >= 0.3 is 0 Å². The molecule has 1 fully saturated rings. The SMILES string of the molecule is COc1ccc(OC)c(CN2CCN(C(=O)CNC(=O)Cc3cccc4ccccc34)CC2)c1. The van der Waals surface area contributed by atoms with E-state index in [4.69, 9.17) is 9.47 Å². The monoisotopic (exact) mass is 461 g/mol. The van der Waals surface area contributed by atoms with E-state index in [1.807, 2.05) is 65.6 Å². The van der Waals surface area contributed by atoms with Crippen molar-refractivity contribution in [1.29, 1.82) is 0 Å². The maximum Gasteiger partial charge on any atom is 0.242 e. The number of hydrogen-bond donors (Lipinski definition) is 1. The van der Waals surface area contributed by atoms with Crippen LogP contribution in [0.2, 0.25) is 0 Å². The van der Waals surface area contributed by atoms with Crippen molar-refractivity contribution in [2.45, 2.75) is 13.0 Å². The largest absolute Gasteiger partial charge is 0.497 e. The second kappa shape index (κ2) is 11.0. The average Bonchev–Trinajstić information content (AvgIpc) is 2.88. The van der Waals surface area contributed by atoms with E-state index in [1.54, 1.807) is 14.2 Å². The summed E-state index contributed by atoms with van der Waals surface area (Å²) >= 11 is 0. The van der Waals surface area contributed by atoms with Gasteiger partial charge in [0.25, 0.3) is 0 Å². The summed E-state index contributed by atoms with van der Waals surface area (Å²) in [7, 11) is 3.31. The Kier molecular flexibility index (Phi) is 7.65. The van der Waals surface area contributed by atoms with Gasteiger partial charge in [0.2, 0.25) is 11.8 Å². The lowest BCUT2D eigenvalue weighted by molar-refractivity contribution is -0.134. The van der Waals surface area contributed by atoms with Crippen LogP contribution in [0.1, 0.15) is 11.1 Å². The summed E-state index contributed by atoms with van der Waals surface area (Å²) in [4.78, 5) is 29.3. The number of ether oxygens (including phenoxy) is 2. The van der Waals surface area contributed by atoms with Gasteiger partial charge in [0.1, 0.15) is 11.5 Å². The maximum absolute atomic E-state index is 12.7. The van der Waals surface area contributed by atoms with E-state index < -0.39 is 0 Å². The second-order valence-electron chi connectivity index (χ2n) is 8.43. The molecule has 1 N–H and O–H groups in total. The Labute approximate surface area is 200 Å². The Bertz CT molecular complexity index is 1150. The number of hydrogen-bond acceptors (Lipinski definition) is 5. The Morgan fingerprint density at radius 1 is 0.882 bits per heavy atom. The molecule has 0 unspecified atom stereocenters. The molecule has 2 amide bonds. The van der Waals surface area contributed by atoms with Gasteiger partial charge < -0.3 is 19.7 Å². The van der Waals surface area contributed by atoms with Gasteiger partial charge in [-0.1, -0.05) is 42.5 Å². The first kappa shape index (κ1) is 23.6. The number of benzene rings is 3. The summed E-state index contributed by atoms with van der Waals surface area (Å²) in [6.45, 7) is 3.53. The molecule has 1 heterocycles. The summed E-state index contributed by atoms with van der Waals surface area (Å²) in [5.41, 5.74) is 2.02. The van der Waals surface area contributed by atoms with Crippen LogP contribution in [0.3, 0.4) is 0 Å². The van der Waals surface area contributed by atoms with Gasteiger partial charge in [-0.2, -0.15) is 0 Å². The van der Waals surface area contributed by atoms with Crippen molar-refractivity contribution in [3.63, 3.8) is 0 Å². The zero-order valence-corrected chi connectivity index (χ0v) is 19.8. The third-order valence-electron chi connectivity index (χ3n) is 6.27. The van der Waals surface area contributed by atoms with Crippen LogP contribution in [0.5, 0.6) is 11.5 Å². The molecule has 0 radical (unpaired) electrons. The molecule has 0 atom stereocenters. The summed E-state index contributed by atoms with van der Waals surface area (Å²) in [6, 6.07) is 19.7. The van der Waals surface area contributed by atoms with Crippen LogP contribution >= 0.6 is 0 Å². The quantitative estimate of drug-likeness (QED) is 0.559. The average molecular weight is 462 g/mol. The first-order valence-corrected chi connectivity index (χ1v) is 11.5.